The van der Waals surface area contributed by atoms with E-state index in [4.69, 9.17) is 9.78 Å². The first kappa shape index (κ1) is 20.4. The molecular formula is C18H36O3. The molecule has 0 aliphatic heterocycles. The van der Waals surface area contributed by atoms with Gasteiger partial charge in [-0.25, -0.2) is 4.79 Å². The van der Waals surface area contributed by atoms with Crippen LogP contribution in [0.2, 0.25) is 0 Å². The molecule has 0 aromatic rings. The van der Waals surface area contributed by atoms with Gasteiger partial charge >= 0.3 is 5.97 Å². The lowest BCUT2D eigenvalue weighted by molar-refractivity contribution is -0.281. The minimum absolute atomic E-state index is 0.0232. The molecule has 0 aromatic carbocycles. The van der Waals surface area contributed by atoms with E-state index >= 15 is 0 Å². The molecule has 0 saturated carbocycles. The highest BCUT2D eigenvalue weighted by Crippen LogP contribution is 2.19. The molecule has 3 nitrogen and oxygen atoms in total. The van der Waals surface area contributed by atoms with Gasteiger partial charge in [-0.15, -0.1) is 0 Å². The van der Waals surface area contributed by atoms with Gasteiger partial charge in [0, 0.05) is 0 Å². The highest BCUT2D eigenvalue weighted by molar-refractivity contribution is 5.71. The average Bonchev–Trinajstić information content (AvgIpc) is 2.45. The van der Waals surface area contributed by atoms with Gasteiger partial charge in [0.05, 0.1) is 12.5 Å². The van der Waals surface area contributed by atoms with Crippen LogP contribution < -0.4 is 0 Å². The van der Waals surface area contributed by atoms with Crippen molar-refractivity contribution in [2.45, 2.75) is 80.1 Å². The summed E-state index contributed by atoms with van der Waals surface area (Å²) < 4.78 is 0. The molecule has 21 heavy (non-hydrogen) atoms. The van der Waals surface area contributed by atoms with Crippen molar-refractivity contribution in [2.75, 3.05) is 6.61 Å². The van der Waals surface area contributed by atoms with E-state index in [9.17, 15) is 4.79 Å². The second-order valence-corrected chi connectivity index (χ2v) is 6.96. The van der Waals surface area contributed by atoms with E-state index in [-0.39, 0.29) is 11.9 Å². The summed E-state index contributed by atoms with van der Waals surface area (Å²) in [6.07, 6.45) is 6.26. The Morgan fingerprint density at radius 3 is 2.00 bits per heavy atom. The van der Waals surface area contributed by atoms with Crippen molar-refractivity contribution in [3.05, 3.63) is 0 Å². The van der Waals surface area contributed by atoms with E-state index in [1.165, 1.54) is 6.42 Å². The molecule has 0 amide bonds. The van der Waals surface area contributed by atoms with Crippen LogP contribution in [0.3, 0.4) is 0 Å². The molecule has 0 N–H and O–H groups in total. The quantitative estimate of drug-likeness (QED) is 0.358. The number of hydrogen-bond acceptors (Lipinski definition) is 3. The van der Waals surface area contributed by atoms with E-state index < -0.39 is 0 Å². The van der Waals surface area contributed by atoms with Crippen LogP contribution >= 0.6 is 0 Å². The summed E-state index contributed by atoms with van der Waals surface area (Å²) in [5, 5.41) is 0. The molecule has 0 saturated heterocycles. The van der Waals surface area contributed by atoms with Crippen LogP contribution in [-0.2, 0) is 14.6 Å². The summed E-state index contributed by atoms with van der Waals surface area (Å²) in [6, 6.07) is 0. The number of hydrogen-bond donors (Lipinski definition) is 0. The lowest BCUT2D eigenvalue weighted by Crippen LogP contribution is -2.20. The third-order valence-electron chi connectivity index (χ3n) is 4.26. The third kappa shape index (κ3) is 10.8. The SMILES string of the molecule is CCC(C)CCC(CC)C(=O)OOCC(C)CCC(C)C. The monoisotopic (exact) mass is 300 g/mol. The van der Waals surface area contributed by atoms with Gasteiger partial charge in [0.25, 0.3) is 0 Å². The van der Waals surface area contributed by atoms with Crippen molar-refractivity contribution >= 4 is 5.97 Å². The molecule has 3 unspecified atom stereocenters. The Morgan fingerprint density at radius 2 is 1.48 bits per heavy atom. The topological polar surface area (TPSA) is 35.5 Å². The normalized spacial score (nSPS) is 15.8. The summed E-state index contributed by atoms with van der Waals surface area (Å²) in [6.45, 7) is 13.5. The number of rotatable bonds is 12. The zero-order valence-corrected chi connectivity index (χ0v) is 15.0. The van der Waals surface area contributed by atoms with Crippen molar-refractivity contribution in [2.24, 2.45) is 23.7 Å². The molecule has 3 atom stereocenters. The number of carbonyl (C=O) groups excluding carboxylic acids is 1. The first-order valence-corrected chi connectivity index (χ1v) is 8.73. The predicted molar refractivity (Wildman–Crippen MR) is 87.8 cm³/mol. The highest BCUT2D eigenvalue weighted by Gasteiger charge is 2.20. The summed E-state index contributed by atoms with van der Waals surface area (Å²) in [5.41, 5.74) is 0. The van der Waals surface area contributed by atoms with Crippen LogP contribution in [0.4, 0.5) is 0 Å². The Kier molecular flexibility index (Phi) is 11.7. The van der Waals surface area contributed by atoms with Gasteiger partial charge in [-0.05, 0) is 43.4 Å². The van der Waals surface area contributed by atoms with Crippen LogP contribution in [0.5, 0.6) is 0 Å². The molecule has 0 aromatic heterocycles. The van der Waals surface area contributed by atoms with Crippen molar-refractivity contribution in [1.82, 2.24) is 0 Å². The zero-order valence-electron chi connectivity index (χ0n) is 15.0. The van der Waals surface area contributed by atoms with E-state index in [0.29, 0.717) is 24.4 Å². The van der Waals surface area contributed by atoms with Crippen LogP contribution in [0.1, 0.15) is 80.1 Å². The standard InChI is InChI=1S/C18H36O3/c1-7-15(5)11-12-17(8-2)18(19)21-20-13-16(6)10-9-14(3)4/h14-17H,7-13H2,1-6H3. The average molecular weight is 300 g/mol. The van der Waals surface area contributed by atoms with Gasteiger partial charge < -0.3 is 0 Å². The fourth-order valence-corrected chi connectivity index (χ4v) is 2.16. The smallest absolute Gasteiger partial charge is 0.298 e. The second kappa shape index (κ2) is 12.0. The van der Waals surface area contributed by atoms with Crippen LogP contribution in [0.25, 0.3) is 0 Å². The van der Waals surface area contributed by atoms with E-state index in [1.807, 2.05) is 6.92 Å². The maximum absolute atomic E-state index is 12.0. The second-order valence-electron chi connectivity index (χ2n) is 6.96. The lowest BCUT2D eigenvalue weighted by atomic mass is 9.94. The summed E-state index contributed by atoms with van der Waals surface area (Å²) in [7, 11) is 0. The lowest BCUT2D eigenvalue weighted by Gasteiger charge is -2.16. The molecule has 0 heterocycles. The minimum atomic E-state index is -0.197. The van der Waals surface area contributed by atoms with Crippen molar-refractivity contribution in [3.63, 3.8) is 0 Å². The summed E-state index contributed by atoms with van der Waals surface area (Å²) in [5.74, 6) is 1.59. The fourth-order valence-electron chi connectivity index (χ4n) is 2.16. The summed E-state index contributed by atoms with van der Waals surface area (Å²) >= 11 is 0. The molecule has 126 valence electrons. The predicted octanol–water partition coefficient (Wildman–Crippen LogP) is 5.39. The first-order valence-electron chi connectivity index (χ1n) is 8.73. The molecule has 0 fully saturated rings. The van der Waals surface area contributed by atoms with E-state index in [2.05, 4.69) is 34.6 Å². The van der Waals surface area contributed by atoms with Crippen LogP contribution in [0, 0.1) is 23.7 Å². The van der Waals surface area contributed by atoms with Gasteiger partial charge in [0.2, 0.25) is 0 Å². The van der Waals surface area contributed by atoms with Gasteiger partial charge in [0.15, 0.2) is 0 Å². The fraction of sp³-hybridized carbons (Fsp3) is 0.944. The molecule has 0 aliphatic carbocycles. The van der Waals surface area contributed by atoms with Gasteiger partial charge in [-0.1, -0.05) is 54.4 Å². The van der Waals surface area contributed by atoms with Crippen molar-refractivity contribution < 1.29 is 14.6 Å². The van der Waals surface area contributed by atoms with Gasteiger partial charge in [-0.2, -0.15) is 4.89 Å². The first-order chi connectivity index (χ1) is 9.90. The summed E-state index contributed by atoms with van der Waals surface area (Å²) in [4.78, 5) is 22.1. The molecule has 0 aliphatic rings. The van der Waals surface area contributed by atoms with E-state index in [0.717, 1.165) is 32.1 Å². The Labute approximate surface area is 131 Å². The Morgan fingerprint density at radius 1 is 0.857 bits per heavy atom. The largest absolute Gasteiger partial charge is 0.345 e. The highest BCUT2D eigenvalue weighted by atomic mass is 17.2. The minimum Gasteiger partial charge on any atom is -0.298 e. The maximum atomic E-state index is 12.0. The van der Waals surface area contributed by atoms with Gasteiger partial charge in [0.1, 0.15) is 0 Å². The number of carbonyl (C=O) groups is 1. The van der Waals surface area contributed by atoms with Crippen molar-refractivity contribution in [1.29, 1.82) is 0 Å². The molecule has 0 spiro atoms. The Hall–Kier alpha value is -0.570. The Bertz CT molecular complexity index is 263. The molecule has 3 heteroatoms. The molecule has 0 radical (unpaired) electrons. The van der Waals surface area contributed by atoms with Crippen molar-refractivity contribution in [3.8, 4) is 0 Å². The molecule has 0 rings (SSSR count). The maximum Gasteiger partial charge on any atom is 0.345 e. The Balaban J connectivity index is 3.88. The molecule has 0 bridgehead atoms. The van der Waals surface area contributed by atoms with E-state index in [1.54, 1.807) is 0 Å². The van der Waals surface area contributed by atoms with Crippen LogP contribution in [0.15, 0.2) is 0 Å². The molecular weight excluding hydrogens is 264 g/mol. The van der Waals surface area contributed by atoms with Crippen LogP contribution in [-0.4, -0.2) is 12.6 Å². The van der Waals surface area contributed by atoms with Gasteiger partial charge in [-0.3, -0.25) is 4.89 Å². The third-order valence-corrected chi connectivity index (χ3v) is 4.26. The zero-order chi connectivity index (χ0) is 16.3.